The SMILES string of the molecule is CCOc1ccc(CN(C)C2=NCC(c3ccccc3)N2)cc1.I. The van der Waals surface area contributed by atoms with Gasteiger partial charge in [0.1, 0.15) is 5.75 Å². The fraction of sp³-hybridized carbons (Fsp3) is 0.316. The molecule has 5 heteroatoms. The Labute approximate surface area is 160 Å². The first-order valence-electron chi connectivity index (χ1n) is 8.05. The van der Waals surface area contributed by atoms with Crippen molar-refractivity contribution in [3.63, 3.8) is 0 Å². The van der Waals surface area contributed by atoms with Crippen LogP contribution in [0.3, 0.4) is 0 Å². The van der Waals surface area contributed by atoms with E-state index >= 15 is 0 Å². The van der Waals surface area contributed by atoms with Crippen molar-refractivity contribution in [3.8, 4) is 5.75 Å². The Morgan fingerprint density at radius 3 is 2.50 bits per heavy atom. The van der Waals surface area contributed by atoms with Crippen LogP contribution in [0, 0.1) is 0 Å². The molecule has 1 aliphatic heterocycles. The van der Waals surface area contributed by atoms with E-state index in [1.54, 1.807) is 0 Å². The van der Waals surface area contributed by atoms with Crippen LogP contribution in [0.5, 0.6) is 5.75 Å². The van der Waals surface area contributed by atoms with Gasteiger partial charge in [0.05, 0.1) is 19.2 Å². The molecule has 0 aliphatic carbocycles. The molecule has 1 aliphatic rings. The van der Waals surface area contributed by atoms with Gasteiger partial charge in [-0.1, -0.05) is 42.5 Å². The number of nitrogens with one attached hydrogen (secondary N) is 1. The number of nitrogens with zero attached hydrogens (tertiary/aromatic N) is 2. The molecule has 128 valence electrons. The number of hydrogen-bond acceptors (Lipinski definition) is 4. The molecule has 0 saturated carbocycles. The number of halogens is 1. The molecule has 0 radical (unpaired) electrons. The Hall–Kier alpha value is -1.76. The van der Waals surface area contributed by atoms with Gasteiger partial charge < -0.3 is 15.0 Å². The maximum Gasteiger partial charge on any atom is 0.194 e. The highest BCUT2D eigenvalue weighted by atomic mass is 127. The van der Waals surface area contributed by atoms with Crippen LogP contribution in [0.25, 0.3) is 0 Å². The first kappa shape index (κ1) is 18.6. The third-order valence-corrected chi connectivity index (χ3v) is 3.94. The van der Waals surface area contributed by atoms with Gasteiger partial charge in [0.2, 0.25) is 0 Å². The lowest BCUT2D eigenvalue weighted by atomic mass is 10.1. The minimum absolute atomic E-state index is 0. The normalized spacial score (nSPS) is 15.9. The predicted octanol–water partition coefficient (Wildman–Crippen LogP) is 3.84. The summed E-state index contributed by atoms with van der Waals surface area (Å²) in [5.74, 6) is 1.87. The van der Waals surface area contributed by atoms with E-state index in [0.717, 1.165) is 24.8 Å². The maximum atomic E-state index is 5.48. The molecule has 1 atom stereocenters. The Bertz CT molecular complexity index is 658. The summed E-state index contributed by atoms with van der Waals surface area (Å²) in [6.07, 6.45) is 0. The van der Waals surface area contributed by atoms with Crippen molar-refractivity contribution >= 4 is 29.9 Å². The monoisotopic (exact) mass is 437 g/mol. The molecular weight excluding hydrogens is 413 g/mol. The average molecular weight is 437 g/mol. The zero-order valence-corrected chi connectivity index (χ0v) is 16.4. The molecule has 1 heterocycles. The van der Waals surface area contributed by atoms with Gasteiger partial charge in [-0.2, -0.15) is 0 Å². The van der Waals surface area contributed by atoms with E-state index < -0.39 is 0 Å². The standard InChI is InChI=1S/C19H23N3O.HI/c1-3-23-17-11-9-15(10-12-17)14-22(2)19-20-13-18(21-19)16-7-5-4-6-8-16;/h4-12,18H,3,13-14H2,1-2H3,(H,20,21);1H. The molecule has 24 heavy (non-hydrogen) atoms. The summed E-state index contributed by atoms with van der Waals surface area (Å²) in [7, 11) is 2.07. The van der Waals surface area contributed by atoms with Crippen molar-refractivity contribution in [2.75, 3.05) is 20.2 Å². The van der Waals surface area contributed by atoms with E-state index in [9.17, 15) is 0 Å². The Morgan fingerprint density at radius 1 is 1.12 bits per heavy atom. The zero-order chi connectivity index (χ0) is 16.1. The number of guanidine groups is 1. The first-order chi connectivity index (χ1) is 11.3. The van der Waals surface area contributed by atoms with Gasteiger partial charge in [0.15, 0.2) is 5.96 Å². The van der Waals surface area contributed by atoms with Crippen LogP contribution in [0.4, 0.5) is 0 Å². The second-order valence-corrected chi connectivity index (χ2v) is 5.70. The van der Waals surface area contributed by atoms with Gasteiger partial charge in [-0.05, 0) is 30.2 Å². The molecular formula is C19H24IN3O. The molecule has 2 aromatic rings. The van der Waals surface area contributed by atoms with Gasteiger partial charge in [0.25, 0.3) is 0 Å². The van der Waals surface area contributed by atoms with E-state index in [2.05, 4.69) is 58.7 Å². The van der Waals surface area contributed by atoms with Gasteiger partial charge in [0, 0.05) is 13.6 Å². The van der Waals surface area contributed by atoms with E-state index in [1.807, 2.05) is 25.1 Å². The van der Waals surface area contributed by atoms with E-state index in [0.29, 0.717) is 6.61 Å². The van der Waals surface area contributed by atoms with Crippen LogP contribution in [0.15, 0.2) is 59.6 Å². The smallest absolute Gasteiger partial charge is 0.194 e. The van der Waals surface area contributed by atoms with Crippen molar-refractivity contribution in [2.45, 2.75) is 19.5 Å². The molecule has 0 bridgehead atoms. The summed E-state index contributed by atoms with van der Waals surface area (Å²) < 4.78 is 5.48. The summed E-state index contributed by atoms with van der Waals surface area (Å²) in [6, 6.07) is 19.0. The van der Waals surface area contributed by atoms with Gasteiger partial charge in [-0.25, -0.2) is 0 Å². The molecule has 4 nitrogen and oxygen atoms in total. The second kappa shape index (κ2) is 8.92. The minimum atomic E-state index is 0. The summed E-state index contributed by atoms with van der Waals surface area (Å²) in [5.41, 5.74) is 2.52. The minimum Gasteiger partial charge on any atom is -0.494 e. The number of rotatable bonds is 5. The van der Waals surface area contributed by atoms with E-state index in [4.69, 9.17) is 4.74 Å². The average Bonchev–Trinajstić information content (AvgIpc) is 3.08. The number of hydrogen-bond donors (Lipinski definition) is 1. The third kappa shape index (κ3) is 4.63. The summed E-state index contributed by atoms with van der Waals surface area (Å²) in [4.78, 5) is 6.79. The summed E-state index contributed by atoms with van der Waals surface area (Å²) in [5, 5.41) is 3.51. The molecule has 0 spiro atoms. The highest BCUT2D eigenvalue weighted by Gasteiger charge is 2.21. The van der Waals surface area contributed by atoms with Gasteiger partial charge in [-0.15, -0.1) is 24.0 Å². The lowest BCUT2D eigenvalue weighted by Gasteiger charge is -2.21. The van der Waals surface area contributed by atoms with Crippen molar-refractivity contribution < 1.29 is 4.74 Å². The largest absolute Gasteiger partial charge is 0.494 e. The van der Waals surface area contributed by atoms with Crippen molar-refractivity contribution in [1.82, 2.24) is 10.2 Å². The van der Waals surface area contributed by atoms with E-state index in [-0.39, 0.29) is 30.0 Å². The van der Waals surface area contributed by atoms with Crippen molar-refractivity contribution in [2.24, 2.45) is 4.99 Å². The predicted molar refractivity (Wildman–Crippen MR) is 109 cm³/mol. The van der Waals surface area contributed by atoms with Gasteiger partial charge >= 0.3 is 0 Å². The fourth-order valence-corrected chi connectivity index (χ4v) is 2.74. The Balaban J connectivity index is 0.00000208. The third-order valence-electron chi connectivity index (χ3n) is 3.94. The van der Waals surface area contributed by atoms with Crippen LogP contribution in [-0.2, 0) is 6.54 Å². The Kier molecular flexibility index (Phi) is 6.90. The van der Waals surface area contributed by atoms with Crippen LogP contribution in [0.2, 0.25) is 0 Å². The molecule has 0 saturated heterocycles. The van der Waals surface area contributed by atoms with Crippen molar-refractivity contribution in [1.29, 1.82) is 0 Å². The highest BCUT2D eigenvalue weighted by molar-refractivity contribution is 14.0. The van der Waals surface area contributed by atoms with Crippen LogP contribution >= 0.6 is 24.0 Å². The quantitative estimate of drug-likeness (QED) is 0.723. The van der Waals surface area contributed by atoms with Crippen LogP contribution in [0.1, 0.15) is 24.1 Å². The van der Waals surface area contributed by atoms with Crippen LogP contribution < -0.4 is 10.1 Å². The Morgan fingerprint density at radius 2 is 1.83 bits per heavy atom. The zero-order valence-electron chi connectivity index (χ0n) is 14.1. The highest BCUT2D eigenvalue weighted by Crippen LogP contribution is 2.18. The maximum absolute atomic E-state index is 5.48. The number of aliphatic imine (C=N–C) groups is 1. The summed E-state index contributed by atoms with van der Waals surface area (Å²) in [6.45, 7) is 4.29. The molecule has 0 fully saturated rings. The molecule has 0 aromatic heterocycles. The van der Waals surface area contributed by atoms with E-state index in [1.165, 1.54) is 11.1 Å². The lowest BCUT2D eigenvalue weighted by molar-refractivity contribution is 0.340. The number of ether oxygens (including phenoxy) is 1. The first-order valence-corrected chi connectivity index (χ1v) is 8.05. The topological polar surface area (TPSA) is 36.9 Å². The lowest BCUT2D eigenvalue weighted by Crippen LogP contribution is -2.36. The molecule has 0 amide bonds. The van der Waals surface area contributed by atoms with Crippen LogP contribution in [-0.4, -0.2) is 31.1 Å². The molecule has 1 N–H and O–H groups in total. The molecule has 3 rings (SSSR count). The fourth-order valence-electron chi connectivity index (χ4n) is 2.74. The molecule has 1 unspecified atom stereocenters. The second-order valence-electron chi connectivity index (χ2n) is 5.70. The number of benzene rings is 2. The molecule has 2 aromatic carbocycles. The van der Waals surface area contributed by atoms with Gasteiger partial charge in [-0.3, -0.25) is 4.99 Å². The summed E-state index contributed by atoms with van der Waals surface area (Å²) >= 11 is 0. The van der Waals surface area contributed by atoms with Crippen molar-refractivity contribution in [3.05, 3.63) is 65.7 Å².